The Morgan fingerprint density at radius 3 is 1.76 bits per heavy atom. The van der Waals surface area contributed by atoms with E-state index in [0.29, 0.717) is 0 Å². The smallest absolute Gasteiger partial charge is 0.137 e. The normalized spacial score (nSPS) is 13.1. The second-order valence-corrected chi connectivity index (χ2v) is 14.9. The summed E-state index contributed by atoms with van der Waals surface area (Å²) in [6.07, 6.45) is 0. The van der Waals surface area contributed by atoms with Crippen molar-refractivity contribution in [3.8, 4) is 27.9 Å². The number of furan rings is 1. The van der Waals surface area contributed by atoms with Crippen LogP contribution in [0, 0.1) is 0 Å². The third-order valence-electron chi connectivity index (χ3n) is 11.6. The second-order valence-electron chi connectivity index (χ2n) is 14.9. The first-order valence-electron chi connectivity index (χ1n) is 18.7. The number of hydrogen-bond acceptors (Lipinski definition) is 2. The molecule has 1 aliphatic carbocycles. The van der Waals surface area contributed by atoms with Gasteiger partial charge >= 0.3 is 0 Å². The van der Waals surface area contributed by atoms with Gasteiger partial charge in [0.25, 0.3) is 0 Å². The Labute approximate surface area is 314 Å². The molecule has 2 aromatic heterocycles. The van der Waals surface area contributed by atoms with Gasteiger partial charge in [0, 0.05) is 55.7 Å². The molecular formula is C51H36N2O. The Kier molecular flexibility index (Phi) is 6.60. The summed E-state index contributed by atoms with van der Waals surface area (Å²) in [5.74, 6) is 0. The van der Waals surface area contributed by atoms with Gasteiger partial charge in [0.15, 0.2) is 0 Å². The molecular weight excluding hydrogens is 657 g/mol. The zero-order chi connectivity index (χ0) is 36.0. The second kappa shape index (κ2) is 11.6. The average Bonchev–Trinajstić information content (AvgIpc) is 3.84. The van der Waals surface area contributed by atoms with Crippen LogP contribution in [0.1, 0.15) is 25.0 Å². The SMILES string of the molecule is CC1(C)c2ccccc2-c2ccc(N(c3ccc(-c4ccccc4-n4c5ccccc5c5ccccc54)cc3)c3ccc4c(c3)oc3ccccc34)cc21. The number of benzene rings is 8. The first-order valence-corrected chi connectivity index (χ1v) is 18.7. The van der Waals surface area contributed by atoms with Gasteiger partial charge in [0.2, 0.25) is 0 Å². The molecule has 256 valence electrons. The summed E-state index contributed by atoms with van der Waals surface area (Å²) in [5, 5.41) is 4.78. The summed E-state index contributed by atoms with van der Waals surface area (Å²) in [7, 11) is 0. The van der Waals surface area contributed by atoms with E-state index < -0.39 is 0 Å². The third-order valence-corrected chi connectivity index (χ3v) is 11.6. The van der Waals surface area contributed by atoms with Crippen LogP contribution in [0.2, 0.25) is 0 Å². The molecule has 0 radical (unpaired) electrons. The molecule has 0 aliphatic heterocycles. The van der Waals surface area contributed by atoms with Crippen molar-refractivity contribution < 1.29 is 4.42 Å². The topological polar surface area (TPSA) is 21.3 Å². The number of aromatic nitrogens is 1. The van der Waals surface area contributed by atoms with Gasteiger partial charge in [-0.25, -0.2) is 0 Å². The number of rotatable bonds is 5. The molecule has 10 aromatic rings. The predicted molar refractivity (Wildman–Crippen MR) is 226 cm³/mol. The molecule has 8 aromatic carbocycles. The lowest BCUT2D eigenvalue weighted by molar-refractivity contribution is 0.660. The van der Waals surface area contributed by atoms with Crippen molar-refractivity contribution >= 4 is 60.8 Å². The van der Waals surface area contributed by atoms with E-state index in [2.05, 4.69) is 193 Å². The molecule has 54 heavy (non-hydrogen) atoms. The first kappa shape index (κ1) is 30.8. The van der Waals surface area contributed by atoms with Crippen LogP contribution in [0.3, 0.4) is 0 Å². The van der Waals surface area contributed by atoms with E-state index in [1.54, 1.807) is 0 Å². The lowest BCUT2D eigenvalue weighted by atomic mass is 9.82. The highest BCUT2D eigenvalue weighted by molar-refractivity contribution is 6.10. The van der Waals surface area contributed by atoms with E-state index >= 15 is 0 Å². The van der Waals surface area contributed by atoms with Gasteiger partial charge in [0.1, 0.15) is 11.2 Å². The third kappa shape index (κ3) is 4.48. The van der Waals surface area contributed by atoms with Crippen LogP contribution in [0.4, 0.5) is 17.1 Å². The molecule has 0 spiro atoms. The van der Waals surface area contributed by atoms with Crippen LogP contribution < -0.4 is 4.90 Å². The molecule has 0 bridgehead atoms. The summed E-state index contributed by atoms with van der Waals surface area (Å²) in [6, 6.07) is 65.9. The minimum absolute atomic E-state index is 0.114. The van der Waals surface area contributed by atoms with Crippen molar-refractivity contribution in [3.63, 3.8) is 0 Å². The van der Waals surface area contributed by atoms with E-state index in [-0.39, 0.29) is 5.41 Å². The highest BCUT2D eigenvalue weighted by Gasteiger charge is 2.35. The summed E-state index contributed by atoms with van der Waals surface area (Å²) in [6.45, 7) is 4.69. The van der Waals surface area contributed by atoms with E-state index in [9.17, 15) is 0 Å². The first-order chi connectivity index (χ1) is 26.5. The van der Waals surface area contributed by atoms with Gasteiger partial charge in [-0.1, -0.05) is 129 Å². The van der Waals surface area contributed by atoms with Crippen LogP contribution in [-0.4, -0.2) is 4.57 Å². The summed E-state index contributed by atoms with van der Waals surface area (Å²) in [5.41, 5.74) is 16.2. The van der Waals surface area contributed by atoms with Crippen LogP contribution in [-0.2, 0) is 5.41 Å². The highest BCUT2D eigenvalue weighted by atomic mass is 16.3. The van der Waals surface area contributed by atoms with E-state index in [0.717, 1.165) is 50.3 Å². The quantitative estimate of drug-likeness (QED) is 0.179. The van der Waals surface area contributed by atoms with Gasteiger partial charge < -0.3 is 13.9 Å². The van der Waals surface area contributed by atoms with E-state index in [1.807, 2.05) is 12.1 Å². The van der Waals surface area contributed by atoms with Gasteiger partial charge in [-0.2, -0.15) is 0 Å². The Hall–Kier alpha value is -6.84. The molecule has 0 saturated heterocycles. The fourth-order valence-electron chi connectivity index (χ4n) is 9.02. The summed E-state index contributed by atoms with van der Waals surface area (Å²) in [4.78, 5) is 2.37. The molecule has 11 rings (SSSR count). The van der Waals surface area contributed by atoms with E-state index in [1.165, 1.54) is 49.6 Å². The van der Waals surface area contributed by atoms with Crippen molar-refractivity contribution in [3.05, 3.63) is 193 Å². The zero-order valence-corrected chi connectivity index (χ0v) is 30.1. The molecule has 3 heteroatoms. The van der Waals surface area contributed by atoms with Gasteiger partial charge in [-0.05, 0) is 88.5 Å². The molecule has 0 unspecified atom stereocenters. The summed E-state index contributed by atoms with van der Waals surface area (Å²) < 4.78 is 8.83. The minimum atomic E-state index is -0.114. The molecule has 2 heterocycles. The number of hydrogen-bond donors (Lipinski definition) is 0. The lowest BCUT2D eigenvalue weighted by Gasteiger charge is -2.28. The van der Waals surface area contributed by atoms with Crippen molar-refractivity contribution in [2.45, 2.75) is 19.3 Å². The number of fused-ring (bicyclic) bond motifs is 9. The van der Waals surface area contributed by atoms with E-state index in [4.69, 9.17) is 4.42 Å². The Bertz CT molecular complexity index is 3030. The fourth-order valence-corrected chi connectivity index (χ4v) is 9.02. The average molecular weight is 693 g/mol. The van der Waals surface area contributed by atoms with Crippen molar-refractivity contribution in [1.82, 2.24) is 4.57 Å². The zero-order valence-electron chi connectivity index (χ0n) is 30.1. The number of para-hydroxylation sites is 4. The standard InChI is InChI=1S/C51H36N2O/c1-51(2)44-18-8-3-14-38(44)39-29-27-35(31-45(39)51)52(36-28-30-43-42-17-7-12-22-49(42)54-50(43)32-36)34-25-23-33(24-26-34)37-13-4-9-19-46(37)53-47-20-10-5-15-40(47)41-16-6-11-21-48(41)53/h3-32H,1-2H3. The molecule has 3 nitrogen and oxygen atoms in total. The van der Waals surface area contributed by atoms with Crippen LogP contribution >= 0.6 is 0 Å². The van der Waals surface area contributed by atoms with Crippen LogP contribution in [0.5, 0.6) is 0 Å². The van der Waals surface area contributed by atoms with Gasteiger partial charge in [0.05, 0.1) is 16.7 Å². The molecule has 0 fully saturated rings. The van der Waals surface area contributed by atoms with Crippen molar-refractivity contribution in [1.29, 1.82) is 0 Å². The molecule has 0 N–H and O–H groups in total. The maximum Gasteiger partial charge on any atom is 0.137 e. The number of anilines is 3. The predicted octanol–water partition coefficient (Wildman–Crippen LogP) is 14.1. The molecule has 1 aliphatic rings. The monoisotopic (exact) mass is 692 g/mol. The fraction of sp³-hybridized carbons (Fsp3) is 0.0588. The van der Waals surface area contributed by atoms with Gasteiger partial charge in [-0.15, -0.1) is 0 Å². The Morgan fingerprint density at radius 2 is 0.981 bits per heavy atom. The van der Waals surface area contributed by atoms with Crippen LogP contribution in [0.15, 0.2) is 186 Å². The molecule has 0 atom stereocenters. The largest absolute Gasteiger partial charge is 0.456 e. The molecule has 0 amide bonds. The van der Waals surface area contributed by atoms with Crippen LogP contribution in [0.25, 0.3) is 71.7 Å². The Morgan fingerprint density at radius 1 is 0.426 bits per heavy atom. The maximum absolute atomic E-state index is 6.42. The lowest BCUT2D eigenvalue weighted by Crippen LogP contribution is -2.16. The van der Waals surface area contributed by atoms with Crippen molar-refractivity contribution in [2.24, 2.45) is 0 Å². The van der Waals surface area contributed by atoms with Gasteiger partial charge in [-0.3, -0.25) is 0 Å². The highest BCUT2D eigenvalue weighted by Crippen LogP contribution is 2.51. The summed E-state index contributed by atoms with van der Waals surface area (Å²) >= 11 is 0. The number of nitrogens with zero attached hydrogens (tertiary/aromatic N) is 2. The Balaban J connectivity index is 1.07. The minimum Gasteiger partial charge on any atom is -0.456 e. The van der Waals surface area contributed by atoms with Crippen molar-refractivity contribution in [2.75, 3.05) is 4.90 Å². The molecule has 0 saturated carbocycles. The maximum atomic E-state index is 6.42.